The molecule has 2 aromatic rings. The fraction of sp³-hybridized carbons (Fsp3) is 0.250. The number of phenolic OH excluding ortho intramolecular Hbond substituents is 1. The molecule has 0 aliphatic heterocycles. The number of hydrogen-bond acceptors (Lipinski definition) is 6. The van der Waals surface area contributed by atoms with Crippen LogP contribution < -0.4 is 9.47 Å². The van der Waals surface area contributed by atoms with Crippen LogP contribution in [0.2, 0.25) is 0 Å². The summed E-state index contributed by atoms with van der Waals surface area (Å²) in [5.41, 5.74) is 0.406. The Kier molecular flexibility index (Phi) is 4.85. The zero-order chi connectivity index (χ0) is 17.2. The summed E-state index contributed by atoms with van der Waals surface area (Å²) in [4.78, 5) is 0. The minimum atomic E-state index is -3.74. The topological polar surface area (TPSA) is 84.7 Å². The van der Waals surface area contributed by atoms with Crippen LogP contribution in [0.25, 0.3) is 0 Å². The molecule has 0 aliphatic rings. The highest BCUT2D eigenvalue weighted by Crippen LogP contribution is 2.36. The van der Waals surface area contributed by atoms with Gasteiger partial charge < -0.3 is 14.6 Å². The number of aromatic amines is 1. The van der Waals surface area contributed by atoms with Crippen LogP contribution in [0.5, 0.6) is 17.2 Å². The Morgan fingerprint density at radius 1 is 1.39 bits per heavy atom. The number of H-pyrrole nitrogens is 1. The standard InChI is InChI=1S/C12H11ClF2N4O3S/c1-21-7-3-6(4-8(22-2)9(7)20)5-16-19-10(12(13,14)15)17-18-11(19)23/h3-5,20H,1-2H3,(H,18,23)/b16-5+. The number of hydrogen-bond donors (Lipinski definition) is 2. The molecule has 1 aromatic carbocycles. The summed E-state index contributed by atoms with van der Waals surface area (Å²) in [6.07, 6.45) is 1.21. The van der Waals surface area contributed by atoms with E-state index in [2.05, 4.69) is 15.3 Å². The van der Waals surface area contributed by atoms with E-state index in [9.17, 15) is 13.9 Å². The number of aromatic nitrogens is 3. The van der Waals surface area contributed by atoms with E-state index >= 15 is 0 Å². The van der Waals surface area contributed by atoms with Gasteiger partial charge in [0, 0.05) is 5.56 Å². The predicted molar refractivity (Wildman–Crippen MR) is 81.4 cm³/mol. The van der Waals surface area contributed by atoms with Crippen LogP contribution in [0.4, 0.5) is 8.78 Å². The summed E-state index contributed by atoms with van der Waals surface area (Å²) in [5, 5.41) is 15.4. The number of nitrogens with one attached hydrogen (secondary N) is 1. The molecule has 0 amide bonds. The highest BCUT2D eigenvalue weighted by Gasteiger charge is 2.35. The Balaban J connectivity index is 2.46. The van der Waals surface area contributed by atoms with Crippen molar-refractivity contribution in [3.63, 3.8) is 0 Å². The molecule has 0 bridgehead atoms. The van der Waals surface area contributed by atoms with Crippen molar-refractivity contribution in [2.45, 2.75) is 5.38 Å². The van der Waals surface area contributed by atoms with E-state index in [1.165, 1.54) is 32.6 Å². The van der Waals surface area contributed by atoms with Crippen molar-refractivity contribution < 1.29 is 23.4 Å². The van der Waals surface area contributed by atoms with Crippen LogP contribution >= 0.6 is 23.8 Å². The molecule has 0 aliphatic carbocycles. The number of benzene rings is 1. The third-order valence-electron chi connectivity index (χ3n) is 2.73. The monoisotopic (exact) mass is 364 g/mol. The molecule has 0 spiro atoms. The van der Waals surface area contributed by atoms with Crippen molar-refractivity contribution in [1.29, 1.82) is 0 Å². The van der Waals surface area contributed by atoms with Crippen LogP contribution in [-0.4, -0.2) is 40.4 Å². The van der Waals surface area contributed by atoms with Gasteiger partial charge in [0.05, 0.1) is 20.4 Å². The fourth-order valence-corrected chi connectivity index (χ4v) is 2.00. The van der Waals surface area contributed by atoms with Gasteiger partial charge in [0.2, 0.25) is 16.3 Å². The van der Waals surface area contributed by atoms with E-state index in [-0.39, 0.29) is 22.0 Å². The summed E-state index contributed by atoms with van der Waals surface area (Å²) in [5.74, 6) is -0.785. The number of phenols is 1. The lowest BCUT2D eigenvalue weighted by Crippen LogP contribution is -2.11. The van der Waals surface area contributed by atoms with Crippen LogP contribution in [0, 0.1) is 4.77 Å². The second-order valence-electron chi connectivity index (χ2n) is 4.18. The molecule has 124 valence electrons. The Labute approximate surface area is 139 Å². The average molecular weight is 365 g/mol. The second kappa shape index (κ2) is 6.50. The smallest absolute Gasteiger partial charge is 0.383 e. The first kappa shape index (κ1) is 17.2. The summed E-state index contributed by atoms with van der Waals surface area (Å²) in [6.45, 7) is 0. The quantitative estimate of drug-likeness (QED) is 0.484. The summed E-state index contributed by atoms with van der Waals surface area (Å²) >= 11 is 9.77. The molecule has 0 fully saturated rings. The van der Waals surface area contributed by atoms with Crippen molar-refractivity contribution in [2.24, 2.45) is 5.10 Å². The van der Waals surface area contributed by atoms with Gasteiger partial charge in [-0.3, -0.25) is 0 Å². The minimum Gasteiger partial charge on any atom is -0.502 e. The molecule has 11 heteroatoms. The Morgan fingerprint density at radius 2 is 1.96 bits per heavy atom. The van der Waals surface area contributed by atoms with Gasteiger partial charge in [0.25, 0.3) is 0 Å². The van der Waals surface area contributed by atoms with Crippen molar-refractivity contribution in [2.75, 3.05) is 14.2 Å². The Bertz CT molecular complexity index is 775. The SMILES string of the molecule is COc1cc(/C=N/n2c(C(F)(F)Cl)n[nH]c2=S)cc(OC)c1O. The normalized spacial score (nSPS) is 11.9. The van der Waals surface area contributed by atoms with Crippen LogP contribution in [-0.2, 0) is 5.38 Å². The molecule has 0 saturated carbocycles. The lowest BCUT2D eigenvalue weighted by atomic mass is 10.2. The van der Waals surface area contributed by atoms with E-state index < -0.39 is 11.2 Å². The van der Waals surface area contributed by atoms with Crippen molar-refractivity contribution in [3.8, 4) is 17.2 Å². The van der Waals surface area contributed by atoms with Gasteiger partial charge in [-0.25, -0.2) is 5.10 Å². The van der Waals surface area contributed by atoms with Gasteiger partial charge >= 0.3 is 5.38 Å². The zero-order valence-electron chi connectivity index (χ0n) is 11.9. The van der Waals surface area contributed by atoms with E-state index in [0.29, 0.717) is 10.2 Å². The van der Waals surface area contributed by atoms with Crippen LogP contribution in [0.3, 0.4) is 0 Å². The van der Waals surface area contributed by atoms with Gasteiger partial charge in [0.1, 0.15) is 0 Å². The van der Waals surface area contributed by atoms with Gasteiger partial charge in [-0.1, -0.05) is 0 Å². The molecule has 7 nitrogen and oxygen atoms in total. The number of nitrogens with zero attached hydrogens (tertiary/aromatic N) is 3. The molecule has 2 N–H and O–H groups in total. The zero-order valence-corrected chi connectivity index (χ0v) is 13.5. The number of ether oxygens (including phenoxy) is 2. The molecule has 0 atom stereocenters. The molecule has 1 heterocycles. The minimum absolute atomic E-state index is 0.129. The highest BCUT2D eigenvalue weighted by atomic mass is 35.5. The number of halogens is 3. The maximum atomic E-state index is 13.2. The molecular weight excluding hydrogens is 354 g/mol. The number of aromatic hydroxyl groups is 1. The maximum absolute atomic E-state index is 13.2. The van der Waals surface area contributed by atoms with Crippen LogP contribution in [0.1, 0.15) is 11.4 Å². The number of methoxy groups -OCH3 is 2. The third kappa shape index (κ3) is 3.59. The van der Waals surface area contributed by atoms with Gasteiger partial charge in [-0.15, -0.1) is 5.10 Å². The van der Waals surface area contributed by atoms with Crippen LogP contribution in [0.15, 0.2) is 17.2 Å². The summed E-state index contributed by atoms with van der Waals surface area (Å²) in [6, 6.07) is 2.87. The number of alkyl halides is 3. The lowest BCUT2D eigenvalue weighted by Gasteiger charge is -2.09. The van der Waals surface area contributed by atoms with Gasteiger partial charge in [-0.05, 0) is 36.0 Å². The largest absolute Gasteiger partial charge is 0.502 e. The van der Waals surface area contributed by atoms with E-state index in [1.807, 2.05) is 0 Å². The Morgan fingerprint density at radius 3 is 2.43 bits per heavy atom. The first-order chi connectivity index (χ1) is 10.8. The fourth-order valence-electron chi connectivity index (χ4n) is 1.69. The summed E-state index contributed by atoms with van der Waals surface area (Å²) in [7, 11) is 2.71. The number of rotatable bonds is 5. The lowest BCUT2D eigenvalue weighted by molar-refractivity contribution is 0.0805. The Hall–Kier alpha value is -2.20. The third-order valence-corrected chi connectivity index (χ3v) is 3.16. The van der Waals surface area contributed by atoms with Crippen molar-refractivity contribution in [3.05, 3.63) is 28.3 Å². The molecule has 2 rings (SSSR count). The molecule has 0 saturated heterocycles. The van der Waals surface area contributed by atoms with Gasteiger partial charge in [0.15, 0.2) is 11.5 Å². The molecule has 23 heavy (non-hydrogen) atoms. The molecular formula is C12H11ClF2N4O3S. The molecule has 1 aromatic heterocycles. The first-order valence-electron chi connectivity index (χ1n) is 6.02. The second-order valence-corrected chi connectivity index (χ2v) is 5.04. The van der Waals surface area contributed by atoms with Crippen molar-refractivity contribution in [1.82, 2.24) is 14.9 Å². The van der Waals surface area contributed by atoms with E-state index in [1.54, 1.807) is 0 Å². The van der Waals surface area contributed by atoms with E-state index in [4.69, 9.17) is 33.3 Å². The highest BCUT2D eigenvalue weighted by molar-refractivity contribution is 7.71. The van der Waals surface area contributed by atoms with E-state index in [0.717, 1.165) is 0 Å². The summed E-state index contributed by atoms with van der Waals surface area (Å²) < 4.78 is 36.9. The molecule has 0 radical (unpaired) electrons. The maximum Gasteiger partial charge on any atom is 0.383 e. The van der Waals surface area contributed by atoms with Gasteiger partial charge in [-0.2, -0.15) is 18.6 Å². The predicted octanol–water partition coefficient (Wildman–Crippen LogP) is 2.83. The first-order valence-corrected chi connectivity index (χ1v) is 6.80. The average Bonchev–Trinajstić information content (AvgIpc) is 2.87. The molecule has 0 unspecified atom stereocenters. The van der Waals surface area contributed by atoms with Crippen molar-refractivity contribution >= 4 is 30.0 Å².